The second-order valence-electron chi connectivity index (χ2n) is 7.03. The number of thioether (sulfide) groups is 1. The third kappa shape index (κ3) is 4.13. The van der Waals surface area contributed by atoms with E-state index in [1.165, 1.54) is 53.3 Å². The van der Waals surface area contributed by atoms with Crippen LogP contribution in [0.1, 0.15) is 12.5 Å². The van der Waals surface area contributed by atoms with Crippen LogP contribution in [-0.2, 0) is 39.9 Å². The van der Waals surface area contributed by atoms with Crippen molar-refractivity contribution in [2.75, 3.05) is 13.4 Å². The maximum Gasteiger partial charge on any atom is 0.355 e. The fourth-order valence-electron chi connectivity index (χ4n) is 3.57. The number of nitro groups is 1. The van der Waals surface area contributed by atoms with Gasteiger partial charge < -0.3 is 18.9 Å². The first-order valence-electron chi connectivity index (χ1n) is 9.32. The highest BCUT2D eigenvalue weighted by atomic mass is 32.2. The highest BCUT2D eigenvalue weighted by Crippen LogP contribution is 2.48. The Morgan fingerprint density at radius 3 is 2.71 bits per heavy atom. The second kappa shape index (κ2) is 8.65. The number of esters is 2. The molecule has 164 valence electrons. The summed E-state index contributed by atoms with van der Waals surface area (Å²) in [5.41, 5.74) is 0.607. The molecule has 1 aromatic carbocycles. The van der Waals surface area contributed by atoms with Crippen molar-refractivity contribution < 1.29 is 38.3 Å². The van der Waals surface area contributed by atoms with Crippen LogP contribution in [0.3, 0.4) is 0 Å². The SMILES string of the molecule is CC(=O)OC(C1COCO1)C1C(=O)N2C(C(=O)OCc3ccc([N+](=O)[O-])cc3)=CS[C@H]12. The summed E-state index contributed by atoms with van der Waals surface area (Å²) in [5.74, 6) is -2.26. The predicted molar refractivity (Wildman–Crippen MR) is 104 cm³/mol. The number of fused-ring (bicyclic) bond motifs is 1. The fourth-order valence-corrected chi connectivity index (χ4v) is 4.83. The summed E-state index contributed by atoms with van der Waals surface area (Å²) in [4.78, 5) is 48.4. The van der Waals surface area contributed by atoms with Gasteiger partial charge in [-0.05, 0) is 17.7 Å². The lowest BCUT2D eigenvalue weighted by Gasteiger charge is -2.46. The molecule has 11 nitrogen and oxygen atoms in total. The smallest absolute Gasteiger partial charge is 0.355 e. The third-order valence-corrected chi connectivity index (χ3v) is 6.20. The Balaban J connectivity index is 1.38. The second-order valence-corrected chi connectivity index (χ2v) is 8.02. The summed E-state index contributed by atoms with van der Waals surface area (Å²) >= 11 is 1.26. The number of ether oxygens (including phenoxy) is 4. The maximum absolute atomic E-state index is 12.8. The summed E-state index contributed by atoms with van der Waals surface area (Å²) in [6.07, 6.45) is -1.37. The first-order valence-corrected chi connectivity index (χ1v) is 10.3. The van der Waals surface area contributed by atoms with Gasteiger partial charge >= 0.3 is 11.9 Å². The Kier molecular flexibility index (Phi) is 5.94. The van der Waals surface area contributed by atoms with E-state index >= 15 is 0 Å². The monoisotopic (exact) mass is 450 g/mol. The van der Waals surface area contributed by atoms with Crippen LogP contribution in [-0.4, -0.2) is 58.7 Å². The third-order valence-electron chi connectivity index (χ3n) is 5.06. The molecule has 3 aliphatic rings. The Hall–Kier alpha value is -2.96. The van der Waals surface area contributed by atoms with Gasteiger partial charge in [-0.1, -0.05) is 0 Å². The minimum absolute atomic E-state index is 0.0589. The first-order chi connectivity index (χ1) is 14.9. The number of non-ortho nitro benzene ring substituents is 1. The van der Waals surface area contributed by atoms with E-state index in [2.05, 4.69) is 0 Å². The maximum atomic E-state index is 12.8. The molecule has 0 N–H and O–H groups in total. The molecule has 0 aromatic heterocycles. The zero-order valence-electron chi connectivity index (χ0n) is 16.3. The number of carbonyl (C=O) groups excluding carboxylic acids is 3. The molecule has 0 bridgehead atoms. The van der Waals surface area contributed by atoms with Crippen molar-refractivity contribution in [2.24, 2.45) is 5.92 Å². The standard InChI is InChI=1S/C19H18N2O9S/c1-10(22)30-16(14-7-27-9-29-14)15-17(23)20-13(8-31-18(15)20)19(24)28-6-11-2-4-12(5-3-11)21(25)26/h2-5,8,14-16,18H,6-7,9H2,1H3/t14?,15?,16?,18-/m1/s1. The van der Waals surface area contributed by atoms with Gasteiger partial charge in [0.25, 0.3) is 5.69 Å². The van der Waals surface area contributed by atoms with Crippen molar-refractivity contribution >= 4 is 35.3 Å². The molecule has 0 spiro atoms. The van der Waals surface area contributed by atoms with E-state index in [4.69, 9.17) is 18.9 Å². The van der Waals surface area contributed by atoms with Gasteiger partial charge in [-0.25, -0.2) is 4.79 Å². The average Bonchev–Trinajstić information content (AvgIpc) is 3.39. The van der Waals surface area contributed by atoms with Crippen LogP contribution in [0.5, 0.6) is 0 Å². The fraction of sp³-hybridized carbons (Fsp3) is 0.421. The van der Waals surface area contributed by atoms with E-state index in [1.807, 2.05) is 0 Å². The normalized spacial score (nSPS) is 25.3. The molecule has 0 radical (unpaired) electrons. The van der Waals surface area contributed by atoms with E-state index in [9.17, 15) is 24.5 Å². The lowest BCUT2D eigenvalue weighted by molar-refractivity contribution is -0.384. The molecule has 2 fully saturated rings. The zero-order valence-corrected chi connectivity index (χ0v) is 17.1. The molecule has 3 unspecified atom stereocenters. The minimum Gasteiger partial charge on any atom is -0.459 e. The van der Waals surface area contributed by atoms with E-state index in [-0.39, 0.29) is 37.3 Å². The lowest BCUT2D eigenvalue weighted by Crippen LogP contribution is -2.64. The molecular weight excluding hydrogens is 432 g/mol. The number of nitro benzene ring substituents is 1. The average molecular weight is 450 g/mol. The Labute approximate surface area is 180 Å². The Morgan fingerprint density at radius 2 is 2.10 bits per heavy atom. The van der Waals surface area contributed by atoms with E-state index in [0.29, 0.717) is 5.56 Å². The van der Waals surface area contributed by atoms with Gasteiger partial charge in [0.15, 0.2) is 0 Å². The van der Waals surface area contributed by atoms with Gasteiger partial charge in [0, 0.05) is 24.5 Å². The van der Waals surface area contributed by atoms with Crippen LogP contribution in [0.2, 0.25) is 0 Å². The number of nitrogens with zero attached hydrogens (tertiary/aromatic N) is 2. The first kappa shape index (κ1) is 21.3. The van der Waals surface area contributed by atoms with Crippen molar-refractivity contribution in [1.29, 1.82) is 0 Å². The van der Waals surface area contributed by atoms with Gasteiger partial charge in [-0.3, -0.25) is 24.6 Å². The molecule has 4 rings (SSSR count). The molecule has 0 saturated carbocycles. The summed E-state index contributed by atoms with van der Waals surface area (Å²) < 4.78 is 21.2. The number of rotatable bonds is 7. The highest BCUT2D eigenvalue weighted by Gasteiger charge is 2.59. The number of benzene rings is 1. The topological polar surface area (TPSA) is 135 Å². The van der Waals surface area contributed by atoms with Gasteiger partial charge in [-0.2, -0.15) is 0 Å². The van der Waals surface area contributed by atoms with Gasteiger partial charge in [0.1, 0.15) is 42.6 Å². The Bertz CT molecular complexity index is 942. The molecular formula is C19H18N2O9S. The van der Waals surface area contributed by atoms with Gasteiger partial charge in [0.05, 0.1) is 11.5 Å². The van der Waals surface area contributed by atoms with Crippen molar-refractivity contribution in [3.05, 3.63) is 51.0 Å². The minimum atomic E-state index is -0.815. The largest absolute Gasteiger partial charge is 0.459 e. The molecule has 2 saturated heterocycles. The molecule has 31 heavy (non-hydrogen) atoms. The zero-order chi connectivity index (χ0) is 22.1. The van der Waals surface area contributed by atoms with Crippen LogP contribution in [0.25, 0.3) is 0 Å². The van der Waals surface area contributed by atoms with Gasteiger partial charge in [0.2, 0.25) is 5.91 Å². The van der Waals surface area contributed by atoms with Crippen LogP contribution < -0.4 is 0 Å². The molecule has 1 aromatic rings. The Morgan fingerprint density at radius 1 is 1.35 bits per heavy atom. The van der Waals surface area contributed by atoms with Crippen molar-refractivity contribution in [1.82, 2.24) is 4.90 Å². The van der Waals surface area contributed by atoms with Crippen LogP contribution in [0.4, 0.5) is 5.69 Å². The number of carbonyl (C=O) groups is 3. The van der Waals surface area contributed by atoms with Crippen molar-refractivity contribution in [3.63, 3.8) is 0 Å². The van der Waals surface area contributed by atoms with E-state index in [0.717, 1.165) is 0 Å². The molecule has 3 aliphatic heterocycles. The van der Waals surface area contributed by atoms with Crippen LogP contribution in [0.15, 0.2) is 35.4 Å². The van der Waals surface area contributed by atoms with Crippen LogP contribution >= 0.6 is 11.8 Å². The van der Waals surface area contributed by atoms with Crippen molar-refractivity contribution in [3.8, 4) is 0 Å². The van der Waals surface area contributed by atoms with E-state index in [1.54, 1.807) is 0 Å². The molecule has 4 atom stereocenters. The number of amides is 1. The molecule has 0 aliphatic carbocycles. The highest BCUT2D eigenvalue weighted by molar-refractivity contribution is 8.03. The quantitative estimate of drug-likeness (QED) is 0.259. The molecule has 3 heterocycles. The summed E-state index contributed by atoms with van der Waals surface area (Å²) in [7, 11) is 0. The summed E-state index contributed by atoms with van der Waals surface area (Å²) in [6, 6.07) is 5.61. The van der Waals surface area contributed by atoms with Crippen molar-refractivity contribution in [2.45, 2.75) is 31.1 Å². The molecule has 12 heteroatoms. The number of β-lactam (4-membered cyclic amide) rings is 1. The number of hydrogen-bond donors (Lipinski definition) is 0. The number of hydrogen-bond acceptors (Lipinski definition) is 10. The van der Waals surface area contributed by atoms with E-state index < -0.39 is 40.4 Å². The lowest BCUT2D eigenvalue weighted by atomic mass is 9.88. The summed E-state index contributed by atoms with van der Waals surface area (Å²) in [5, 5.41) is 11.8. The van der Waals surface area contributed by atoms with Crippen LogP contribution in [0, 0.1) is 16.0 Å². The summed E-state index contributed by atoms with van der Waals surface area (Å²) in [6.45, 7) is 1.42. The molecule has 1 amide bonds. The predicted octanol–water partition coefficient (Wildman–Crippen LogP) is 1.32. The van der Waals surface area contributed by atoms with Gasteiger partial charge in [-0.15, -0.1) is 11.8 Å².